The molecule has 2 rings (SSSR count). The Morgan fingerprint density at radius 2 is 1.76 bits per heavy atom. The van der Waals surface area contributed by atoms with E-state index in [-0.39, 0.29) is 71.2 Å². The molecule has 0 spiro atoms. The minimum Gasteiger partial charge on any atom is -0.379 e. The summed E-state index contributed by atoms with van der Waals surface area (Å²) in [6, 6.07) is 4.21. The van der Waals surface area contributed by atoms with Gasteiger partial charge in [-0.15, -0.1) is 0 Å². The lowest BCUT2D eigenvalue weighted by molar-refractivity contribution is -0.146. The van der Waals surface area contributed by atoms with Crippen molar-refractivity contribution >= 4 is 35.4 Å². The van der Waals surface area contributed by atoms with Gasteiger partial charge in [0.15, 0.2) is 0 Å². The normalized spacial score (nSPS) is 18.6. The van der Waals surface area contributed by atoms with Crippen molar-refractivity contribution in [2.75, 3.05) is 47.6 Å². The van der Waals surface area contributed by atoms with Gasteiger partial charge in [0.2, 0.25) is 23.6 Å². The topological polar surface area (TPSA) is 124 Å². The van der Waals surface area contributed by atoms with Gasteiger partial charge < -0.3 is 25.2 Å². The number of carbonyl (C=O) groups is 4. The molecule has 7 unspecified atom stereocenters. The van der Waals surface area contributed by atoms with E-state index in [0.29, 0.717) is 25.9 Å². The number of thioether (sulfide) groups is 1. The minimum absolute atomic E-state index is 0.0292. The number of nitrogens with one attached hydrogen (secondary N) is 2. The number of likely N-dealkylation sites (N-methyl/N-ethyl adjacent to an activating group) is 2. The molecule has 1 aliphatic rings. The van der Waals surface area contributed by atoms with Crippen molar-refractivity contribution in [1.29, 1.82) is 0 Å². The molecule has 11 nitrogen and oxygen atoms in total. The SMILES string of the molecule is CCC(C)C(C(CC(=O)N1CCCC1C(CC(=O)NCCc1ccccn1)SC)OC)N(C)C(=O)C(NC(=O)C(C(C)C)N(C)C)C(C)C. The average Bonchev–Trinajstić information content (AvgIpc) is 3.55. The molecule has 1 aromatic heterocycles. The molecule has 1 saturated heterocycles. The first kappa shape index (κ1) is 42.5. The number of nitrogens with zero attached hydrogens (tertiary/aromatic N) is 4. The molecule has 7 atom stereocenters. The number of aromatic nitrogens is 1. The summed E-state index contributed by atoms with van der Waals surface area (Å²) in [5.41, 5.74) is 0.932. The highest BCUT2D eigenvalue weighted by Gasteiger charge is 2.41. The molecule has 49 heavy (non-hydrogen) atoms. The van der Waals surface area contributed by atoms with Gasteiger partial charge >= 0.3 is 0 Å². The zero-order valence-corrected chi connectivity index (χ0v) is 32.7. The largest absolute Gasteiger partial charge is 0.379 e. The van der Waals surface area contributed by atoms with Gasteiger partial charge in [-0.2, -0.15) is 11.8 Å². The zero-order valence-electron chi connectivity index (χ0n) is 31.9. The summed E-state index contributed by atoms with van der Waals surface area (Å²) >= 11 is 1.62. The van der Waals surface area contributed by atoms with Crippen LogP contribution in [-0.2, 0) is 30.3 Å². The summed E-state index contributed by atoms with van der Waals surface area (Å²) < 4.78 is 6.02. The van der Waals surface area contributed by atoms with E-state index in [1.54, 1.807) is 37.0 Å². The summed E-state index contributed by atoms with van der Waals surface area (Å²) in [5, 5.41) is 6.04. The second kappa shape index (κ2) is 20.8. The van der Waals surface area contributed by atoms with Crippen LogP contribution in [0.25, 0.3) is 0 Å². The van der Waals surface area contributed by atoms with E-state index in [1.807, 2.05) is 76.0 Å². The van der Waals surface area contributed by atoms with Crippen molar-refractivity contribution < 1.29 is 23.9 Å². The van der Waals surface area contributed by atoms with Gasteiger partial charge in [-0.05, 0) is 63.1 Å². The molecular formula is C37H64N6O5S. The monoisotopic (exact) mass is 704 g/mol. The predicted octanol–water partition coefficient (Wildman–Crippen LogP) is 3.86. The molecule has 1 fully saturated rings. The van der Waals surface area contributed by atoms with Crippen LogP contribution in [0, 0.1) is 17.8 Å². The van der Waals surface area contributed by atoms with E-state index in [2.05, 4.69) is 29.5 Å². The smallest absolute Gasteiger partial charge is 0.245 e. The maximum atomic E-state index is 14.1. The third-order valence-electron chi connectivity index (χ3n) is 9.94. The summed E-state index contributed by atoms with van der Waals surface area (Å²) in [6.45, 7) is 13.1. The van der Waals surface area contributed by atoms with Gasteiger partial charge in [0.05, 0.1) is 24.6 Å². The second-order valence-electron chi connectivity index (χ2n) is 14.4. The lowest BCUT2D eigenvalue weighted by Crippen LogP contribution is -2.59. The fraction of sp³-hybridized carbons (Fsp3) is 0.757. The van der Waals surface area contributed by atoms with Crippen LogP contribution < -0.4 is 10.6 Å². The molecule has 2 heterocycles. The van der Waals surface area contributed by atoms with Gasteiger partial charge in [0, 0.05) is 63.3 Å². The third kappa shape index (κ3) is 12.2. The molecule has 1 aliphatic heterocycles. The summed E-state index contributed by atoms with van der Waals surface area (Å²) in [6.07, 6.45) is 6.79. The fourth-order valence-corrected chi connectivity index (χ4v) is 8.04. The van der Waals surface area contributed by atoms with Crippen LogP contribution in [-0.4, -0.2) is 126 Å². The maximum Gasteiger partial charge on any atom is 0.245 e. The first-order valence-electron chi connectivity index (χ1n) is 17.9. The van der Waals surface area contributed by atoms with E-state index in [0.717, 1.165) is 25.0 Å². The fourth-order valence-electron chi connectivity index (χ4n) is 7.12. The van der Waals surface area contributed by atoms with Crippen LogP contribution >= 0.6 is 11.8 Å². The Hall–Kier alpha value is -2.70. The van der Waals surface area contributed by atoms with Gasteiger partial charge in [0.25, 0.3) is 0 Å². The van der Waals surface area contributed by atoms with Crippen LogP contribution in [0.1, 0.15) is 79.3 Å². The number of methoxy groups -OCH3 is 1. The first-order valence-corrected chi connectivity index (χ1v) is 19.2. The Labute approximate surface area is 300 Å². The van der Waals surface area contributed by atoms with Crippen molar-refractivity contribution in [2.45, 2.75) is 116 Å². The highest BCUT2D eigenvalue weighted by Crippen LogP contribution is 2.31. The van der Waals surface area contributed by atoms with Crippen molar-refractivity contribution in [2.24, 2.45) is 17.8 Å². The molecule has 0 radical (unpaired) electrons. The van der Waals surface area contributed by atoms with E-state index in [4.69, 9.17) is 4.74 Å². The van der Waals surface area contributed by atoms with Gasteiger partial charge in [-0.25, -0.2) is 0 Å². The molecule has 278 valence electrons. The van der Waals surface area contributed by atoms with Gasteiger partial charge in [-0.3, -0.25) is 29.1 Å². The second-order valence-corrected chi connectivity index (χ2v) is 15.5. The van der Waals surface area contributed by atoms with Crippen LogP contribution in [0.15, 0.2) is 24.4 Å². The number of rotatable bonds is 20. The molecule has 2 N–H and O–H groups in total. The predicted molar refractivity (Wildman–Crippen MR) is 198 cm³/mol. The number of ether oxygens (including phenoxy) is 1. The number of hydrogen-bond donors (Lipinski definition) is 2. The average molecular weight is 705 g/mol. The number of hydrogen-bond acceptors (Lipinski definition) is 8. The lowest BCUT2D eigenvalue weighted by atomic mass is 9.89. The Balaban J connectivity index is 2.17. The minimum atomic E-state index is -0.723. The summed E-state index contributed by atoms with van der Waals surface area (Å²) in [4.78, 5) is 64.3. The number of likely N-dealkylation sites (tertiary alicyclic amines) is 1. The molecule has 4 amide bonds. The number of amides is 4. The molecular weight excluding hydrogens is 641 g/mol. The van der Waals surface area contributed by atoms with Crippen molar-refractivity contribution in [1.82, 2.24) is 30.3 Å². The van der Waals surface area contributed by atoms with Crippen LogP contribution in [0.5, 0.6) is 0 Å². The Bertz CT molecular complexity index is 1180. The van der Waals surface area contributed by atoms with Crippen molar-refractivity contribution in [3.05, 3.63) is 30.1 Å². The first-order chi connectivity index (χ1) is 23.2. The quantitative estimate of drug-likeness (QED) is 0.210. The van der Waals surface area contributed by atoms with E-state index < -0.39 is 12.1 Å². The van der Waals surface area contributed by atoms with E-state index in [9.17, 15) is 19.2 Å². The van der Waals surface area contributed by atoms with Crippen molar-refractivity contribution in [3.63, 3.8) is 0 Å². The molecule has 0 aliphatic carbocycles. The molecule has 0 saturated carbocycles. The third-order valence-corrected chi connectivity index (χ3v) is 11.0. The maximum absolute atomic E-state index is 14.1. The van der Waals surface area contributed by atoms with Crippen LogP contribution in [0.4, 0.5) is 0 Å². The highest BCUT2D eigenvalue weighted by atomic mass is 32.2. The van der Waals surface area contributed by atoms with Gasteiger partial charge in [0.1, 0.15) is 6.04 Å². The Kier molecular flexibility index (Phi) is 18.1. The van der Waals surface area contributed by atoms with E-state index >= 15 is 0 Å². The van der Waals surface area contributed by atoms with Crippen molar-refractivity contribution in [3.8, 4) is 0 Å². The lowest BCUT2D eigenvalue weighted by Gasteiger charge is -2.41. The highest BCUT2D eigenvalue weighted by molar-refractivity contribution is 7.99. The standard InChI is InChI=1S/C37H64N6O5S/c1-12-26(6)35(42(9)37(47)33(24(2)3)40-36(46)34(25(4)5)41(7)8)29(48-10)22-32(45)43-21-15-17-28(43)30(49-11)23-31(44)39-20-18-27-16-13-14-19-38-27/h13-14,16,19,24-26,28-30,33-35H,12,15,17-18,20-23H2,1-11H3,(H,39,44)(H,40,46). The number of carbonyl (C=O) groups excluding carboxylic acids is 4. The molecule has 0 bridgehead atoms. The molecule has 0 aromatic carbocycles. The Morgan fingerprint density at radius 3 is 2.29 bits per heavy atom. The Morgan fingerprint density at radius 1 is 1.06 bits per heavy atom. The number of pyridine rings is 1. The molecule has 1 aromatic rings. The molecule has 12 heteroatoms. The van der Waals surface area contributed by atoms with Gasteiger partial charge in [-0.1, -0.05) is 54.0 Å². The summed E-state index contributed by atoms with van der Waals surface area (Å²) in [5.74, 6) is -0.474. The summed E-state index contributed by atoms with van der Waals surface area (Å²) in [7, 11) is 7.10. The zero-order chi connectivity index (χ0) is 36.8. The van der Waals surface area contributed by atoms with E-state index in [1.165, 1.54) is 0 Å². The van der Waals surface area contributed by atoms with Crippen LogP contribution in [0.2, 0.25) is 0 Å². The van der Waals surface area contributed by atoms with Crippen LogP contribution in [0.3, 0.4) is 0 Å².